The second kappa shape index (κ2) is 2.97. The topological polar surface area (TPSA) is 55.1 Å². The molecule has 0 aromatic carbocycles. The molecule has 1 saturated carbocycles. The summed E-state index contributed by atoms with van der Waals surface area (Å²) in [6.45, 7) is 3.60. The molecule has 0 aliphatic heterocycles. The molecule has 1 N–H and O–H groups in total. The third-order valence-corrected chi connectivity index (χ3v) is 2.95. The molecule has 14 heavy (non-hydrogen) atoms. The first-order valence-electron chi connectivity index (χ1n) is 4.61. The lowest BCUT2D eigenvalue weighted by molar-refractivity contribution is -0.147. The van der Waals surface area contributed by atoms with Crippen LogP contribution in [0.2, 0.25) is 0 Å². The molecular weight excluding hydrogens is 180 g/mol. The molecule has 0 saturated heterocycles. The largest absolute Gasteiger partial charge is 0.481 e. The lowest BCUT2D eigenvalue weighted by atomic mass is 9.66. The summed E-state index contributed by atoms with van der Waals surface area (Å²) in [6, 6.07) is 1.76. The summed E-state index contributed by atoms with van der Waals surface area (Å²) < 4.78 is 1.55. The van der Waals surface area contributed by atoms with E-state index in [-0.39, 0.29) is 0 Å². The first kappa shape index (κ1) is 8.99. The maximum Gasteiger partial charge on any atom is 0.315 e. The average Bonchev–Trinajstić information content (AvgIpc) is 2.50. The molecule has 1 aliphatic rings. The van der Waals surface area contributed by atoms with Crippen LogP contribution in [0.15, 0.2) is 18.8 Å². The highest BCUT2D eigenvalue weighted by atomic mass is 16.4. The molecule has 74 valence electrons. The Bertz CT molecular complexity index is 377. The molecule has 1 aliphatic carbocycles. The number of carbonyl (C=O) groups is 1. The highest BCUT2D eigenvalue weighted by molar-refractivity contribution is 5.82. The predicted molar refractivity (Wildman–Crippen MR) is 51.8 cm³/mol. The lowest BCUT2D eigenvalue weighted by Crippen LogP contribution is -2.43. The van der Waals surface area contributed by atoms with Crippen LogP contribution >= 0.6 is 0 Å². The molecule has 1 aromatic heterocycles. The van der Waals surface area contributed by atoms with Crippen molar-refractivity contribution in [1.82, 2.24) is 9.78 Å². The van der Waals surface area contributed by atoms with E-state index < -0.39 is 11.4 Å². The number of hydrogen-bond donors (Lipinski definition) is 1. The molecule has 0 bridgehead atoms. The van der Waals surface area contributed by atoms with Crippen LogP contribution in [-0.4, -0.2) is 20.9 Å². The van der Waals surface area contributed by atoms with Crippen molar-refractivity contribution in [2.75, 3.05) is 0 Å². The van der Waals surface area contributed by atoms with Crippen molar-refractivity contribution in [3.8, 4) is 0 Å². The molecule has 0 unspecified atom stereocenters. The zero-order valence-corrected chi connectivity index (χ0v) is 7.81. The summed E-state index contributed by atoms with van der Waals surface area (Å²) >= 11 is 0. The van der Waals surface area contributed by atoms with Crippen LogP contribution in [-0.2, 0) is 10.2 Å². The second-order valence-electron chi connectivity index (χ2n) is 3.58. The van der Waals surface area contributed by atoms with Gasteiger partial charge in [-0.15, -0.1) is 0 Å². The fourth-order valence-corrected chi connectivity index (χ4v) is 1.95. The van der Waals surface area contributed by atoms with E-state index in [4.69, 9.17) is 0 Å². The summed E-state index contributed by atoms with van der Waals surface area (Å²) in [5.41, 5.74) is 0.0243. The standard InChI is InChI=1S/C10H12N2O2/c1-2-12-8(4-7-11-12)10(9(13)14)5-3-6-10/h2,4,7H,1,3,5-6H2,(H,13,14). The van der Waals surface area contributed by atoms with Crippen molar-refractivity contribution in [2.24, 2.45) is 0 Å². The Hall–Kier alpha value is -1.58. The number of hydrogen-bond acceptors (Lipinski definition) is 2. The maximum atomic E-state index is 11.2. The SMILES string of the molecule is C=Cn1nccc1C1(C(=O)O)CCC1. The van der Waals surface area contributed by atoms with Crippen molar-refractivity contribution in [1.29, 1.82) is 0 Å². The van der Waals surface area contributed by atoms with Gasteiger partial charge < -0.3 is 5.11 Å². The van der Waals surface area contributed by atoms with Crippen LogP contribution in [0.1, 0.15) is 25.0 Å². The first-order chi connectivity index (χ1) is 6.70. The Labute approximate surface area is 81.9 Å². The number of aliphatic carboxylic acids is 1. The zero-order chi connectivity index (χ0) is 10.2. The predicted octanol–water partition coefficient (Wildman–Crippen LogP) is 1.49. The van der Waals surface area contributed by atoms with Crippen molar-refractivity contribution in [3.05, 3.63) is 24.5 Å². The minimum atomic E-state index is -0.757. The molecule has 1 heterocycles. The quantitative estimate of drug-likeness (QED) is 0.789. The van der Waals surface area contributed by atoms with Crippen molar-refractivity contribution < 1.29 is 9.90 Å². The average molecular weight is 192 g/mol. The van der Waals surface area contributed by atoms with E-state index in [0.29, 0.717) is 12.8 Å². The minimum Gasteiger partial charge on any atom is -0.481 e. The van der Waals surface area contributed by atoms with Crippen LogP contribution in [0, 0.1) is 0 Å². The molecular formula is C10H12N2O2. The van der Waals surface area contributed by atoms with Gasteiger partial charge in [0, 0.05) is 12.4 Å². The van der Waals surface area contributed by atoms with Crippen LogP contribution in [0.25, 0.3) is 6.20 Å². The van der Waals surface area contributed by atoms with Crippen LogP contribution in [0.4, 0.5) is 0 Å². The maximum absolute atomic E-state index is 11.2. The van der Waals surface area contributed by atoms with Crippen molar-refractivity contribution in [3.63, 3.8) is 0 Å². The Kier molecular flexibility index (Phi) is 1.91. The molecule has 0 atom stereocenters. The Balaban J connectivity index is 2.46. The molecule has 1 aromatic rings. The smallest absolute Gasteiger partial charge is 0.315 e. The molecule has 0 spiro atoms. The Morgan fingerprint density at radius 1 is 1.71 bits per heavy atom. The van der Waals surface area contributed by atoms with E-state index in [1.807, 2.05) is 0 Å². The second-order valence-corrected chi connectivity index (χ2v) is 3.58. The minimum absolute atomic E-state index is 0.696. The van der Waals surface area contributed by atoms with Crippen molar-refractivity contribution >= 4 is 12.2 Å². The van der Waals surface area contributed by atoms with Gasteiger partial charge in [0.25, 0.3) is 0 Å². The zero-order valence-electron chi connectivity index (χ0n) is 7.81. The van der Waals surface area contributed by atoms with E-state index in [1.54, 1.807) is 23.1 Å². The molecule has 0 radical (unpaired) electrons. The van der Waals surface area contributed by atoms with Gasteiger partial charge in [-0.1, -0.05) is 13.0 Å². The summed E-state index contributed by atoms with van der Waals surface area (Å²) in [5.74, 6) is -0.757. The third-order valence-electron chi connectivity index (χ3n) is 2.95. The van der Waals surface area contributed by atoms with E-state index in [0.717, 1.165) is 12.1 Å². The highest BCUT2D eigenvalue weighted by Gasteiger charge is 2.48. The van der Waals surface area contributed by atoms with Gasteiger partial charge >= 0.3 is 5.97 Å². The van der Waals surface area contributed by atoms with Crippen molar-refractivity contribution in [2.45, 2.75) is 24.7 Å². The van der Waals surface area contributed by atoms with Gasteiger partial charge in [-0.05, 0) is 18.9 Å². The summed E-state index contributed by atoms with van der Waals surface area (Å²) in [5, 5.41) is 13.2. The summed E-state index contributed by atoms with van der Waals surface area (Å²) in [6.07, 6.45) is 5.51. The number of nitrogens with zero attached hydrogens (tertiary/aromatic N) is 2. The third kappa shape index (κ3) is 0.999. The van der Waals surface area contributed by atoms with E-state index >= 15 is 0 Å². The number of carboxylic acid groups (broad SMARTS) is 1. The van der Waals surface area contributed by atoms with E-state index in [9.17, 15) is 9.90 Å². The van der Waals surface area contributed by atoms with Gasteiger partial charge in [-0.2, -0.15) is 5.10 Å². The van der Waals surface area contributed by atoms with E-state index in [1.165, 1.54) is 0 Å². The highest BCUT2D eigenvalue weighted by Crippen LogP contribution is 2.43. The van der Waals surface area contributed by atoms with Gasteiger partial charge in [-0.25, -0.2) is 4.68 Å². The normalized spacial score (nSPS) is 18.6. The number of carboxylic acids is 1. The summed E-state index contributed by atoms with van der Waals surface area (Å²) in [7, 11) is 0. The van der Waals surface area contributed by atoms with Crippen LogP contribution < -0.4 is 0 Å². The fraction of sp³-hybridized carbons (Fsp3) is 0.400. The van der Waals surface area contributed by atoms with Crippen LogP contribution in [0.5, 0.6) is 0 Å². The van der Waals surface area contributed by atoms with Gasteiger partial charge in [-0.3, -0.25) is 4.79 Å². The molecule has 4 nitrogen and oxygen atoms in total. The lowest BCUT2D eigenvalue weighted by Gasteiger charge is -2.37. The molecule has 4 heteroatoms. The van der Waals surface area contributed by atoms with Gasteiger partial charge in [0.15, 0.2) is 0 Å². The number of aromatic nitrogens is 2. The number of rotatable bonds is 3. The van der Waals surface area contributed by atoms with Gasteiger partial charge in [0.1, 0.15) is 5.41 Å². The molecule has 2 rings (SSSR count). The van der Waals surface area contributed by atoms with Gasteiger partial charge in [0.05, 0.1) is 5.69 Å². The first-order valence-corrected chi connectivity index (χ1v) is 4.61. The summed E-state index contributed by atoms with van der Waals surface area (Å²) in [4.78, 5) is 11.2. The Morgan fingerprint density at radius 2 is 2.43 bits per heavy atom. The molecule has 1 fully saturated rings. The monoisotopic (exact) mass is 192 g/mol. The molecule has 0 amide bonds. The van der Waals surface area contributed by atoms with E-state index in [2.05, 4.69) is 11.7 Å². The van der Waals surface area contributed by atoms with Crippen LogP contribution in [0.3, 0.4) is 0 Å². The fourth-order valence-electron chi connectivity index (χ4n) is 1.95. The van der Waals surface area contributed by atoms with Gasteiger partial charge in [0.2, 0.25) is 0 Å². The Morgan fingerprint density at radius 3 is 2.86 bits per heavy atom.